The van der Waals surface area contributed by atoms with Gasteiger partial charge in [0.25, 0.3) is 0 Å². The van der Waals surface area contributed by atoms with Crippen LogP contribution >= 0.6 is 0 Å². The van der Waals surface area contributed by atoms with Crippen LogP contribution in [-0.2, 0) is 4.74 Å². The minimum atomic E-state index is 0.666. The lowest BCUT2D eigenvalue weighted by molar-refractivity contribution is 0.194. The quantitative estimate of drug-likeness (QED) is 0.509. The van der Waals surface area contributed by atoms with Crippen LogP contribution in [0.2, 0.25) is 0 Å². The summed E-state index contributed by atoms with van der Waals surface area (Å²) in [7, 11) is 0. The van der Waals surface area contributed by atoms with Gasteiger partial charge in [0, 0.05) is 0 Å². The SMILES string of the molecule is C/C=C/COC/C=C/c1ccccc1. The molecule has 0 unspecified atom stereocenters. The maximum Gasteiger partial charge on any atom is 0.0654 e. The van der Waals surface area contributed by atoms with Gasteiger partial charge in [0.05, 0.1) is 13.2 Å². The first-order chi connectivity index (χ1) is 6.93. The summed E-state index contributed by atoms with van der Waals surface area (Å²) in [5.74, 6) is 0. The number of hydrogen-bond acceptors (Lipinski definition) is 1. The van der Waals surface area contributed by atoms with Gasteiger partial charge in [-0.1, -0.05) is 54.6 Å². The van der Waals surface area contributed by atoms with E-state index in [4.69, 9.17) is 4.74 Å². The zero-order valence-electron chi connectivity index (χ0n) is 8.52. The maximum absolute atomic E-state index is 5.32. The van der Waals surface area contributed by atoms with Crippen molar-refractivity contribution in [3.8, 4) is 0 Å². The second-order valence-electron chi connectivity index (χ2n) is 2.92. The third-order valence-electron chi connectivity index (χ3n) is 1.77. The molecule has 0 N–H and O–H groups in total. The number of rotatable bonds is 5. The molecule has 0 saturated carbocycles. The Morgan fingerprint density at radius 2 is 1.79 bits per heavy atom. The van der Waals surface area contributed by atoms with Crippen molar-refractivity contribution in [2.75, 3.05) is 13.2 Å². The Balaban J connectivity index is 2.21. The van der Waals surface area contributed by atoms with E-state index in [0.29, 0.717) is 13.2 Å². The molecule has 0 aliphatic carbocycles. The summed E-state index contributed by atoms with van der Waals surface area (Å²) in [5, 5.41) is 0. The van der Waals surface area contributed by atoms with E-state index < -0.39 is 0 Å². The Morgan fingerprint density at radius 3 is 2.50 bits per heavy atom. The molecule has 1 rings (SSSR count). The topological polar surface area (TPSA) is 9.23 Å². The van der Waals surface area contributed by atoms with Crippen molar-refractivity contribution in [2.45, 2.75) is 6.92 Å². The Bertz CT molecular complexity index is 285. The standard InChI is InChI=1S/C13H16O/c1-2-3-11-14-12-7-10-13-8-5-4-6-9-13/h2-10H,11-12H2,1H3/b3-2+,10-7+. The van der Waals surface area contributed by atoms with E-state index >= 15 is 0 Å². The molecule has 0 bridgehead atoms. The van der Waals surface area contributed by atoms with E-state index in [1.165, 1.54) is 5.56 Å². The molecular weight excluding hydrogens is 172 g/mol. The Kier molecular flexibility index (Phi) is 5.45. The predicted octanol–water partition coefficient (Wildman–Crippen LogP) is 3.29. The number of allylic oxidation sites excluding steroid dienone is 1. The molecule has 0 fully saturated rings. The van der Waals surface area contributed by atoms with E-state index in [1.807, 2.05) is 43.4 Å². The highest BCUT2D eigenvalue weighted by Crippen LogP contribution is 2.00. The monoisotopic (exact) mass is 188 g/mol. The molecule has 0 spiro atoms. The average Bonchev–Trinajstić information content (AvgIpc) is 2.25. The molecule has 0 saturated heterocycles. The first kappa shape index (κ1) is 10.7. The van der Waals surface area contributed by atoms with Gasteiger partial charge in [-0.3, -0.25) is 0 Å². The molecule has 1 aromatic carbocycles. The van der Waals surface area contributed by atoms with E-state index in [-0.39, 0.29) is 0 Å². The molecule has 1 nitrogen and oxygen atoms in total. The molecule has 1 heteroatoms. The van der Waals surface area contributed by atoms with Gasteiger partial charge in [0.15, 0.2) is 0 Å². The highest BCUT2D eigenvalue weighted by Gasteiger charge is 1.82. The molecule has 1 aromatic rings. The molecule has 0 heterocycles. The largest absolute Gasteiger partial charge is 0.373 e. The second-order valence-corrected chi connectivity index (χ2v) is 2.92. The van der Waals surface area contributed by atoms with Gasteiger partial charge in [0.2, 0.25) is 0 Å². The maximum atomic E-state index is 5.32. The summed E-state index contributed by atoms with van der Waals surface area (Å²) in [5.41, 5.74) is 1.21. The highest BCUT2D eigenvalue weighted by atomic mass is 16.5. The number of benzene rings is 1. The highest BCUT2D eigenvalue weighted by molar-refractivity contribution is 5.48. The third-order valence-corrected chi connectivity index (χ3v) is 1.77. The second kappa shape index (κ2) is 7.10. The summed E-state index contributed by atoms with van der Waals surface area (Å²) in [6, 6.07) is 10.2. The molecule has 0 atom stereocenters. The zero-order valence-corrected chi connectivity index (χ0v) is 8.52. The van der Waals surface area contributed by atoms with Crippen LogP contribution in [-0.4, -0.2) is 13.2 Å². The van der Waals surface area contributed by atoms with Crippen LogP contribution < -0.4 is 0 Å². The summed E-state index contributed by atoms with van der Waals surface area (Å²) in [4.78, 5) is 0. The van der Waals surface area contributed by atoms with Crippen molar-refractivity contribution in [3.63, 3.8) is 0 Å². The van der Waals surface area contributed by atoms with Crippen molar-refractivity contribution in [3.05, 3.63) is 54.1 Å². The fraction of sp³-hybridized carbons (Fsp3) is 0.231. The smallest absolute Gasteiger partial charge is 0.0654 e. The van der Waals surface area contributed by atoms with Crippen LogP contribution in [0.15, 0.2) is 48.6 Å². The van der Waals surface area contributed by atoms with Crippen LogP contribution in [0.5, 0.6) is 0 Å². The summed E-state index contributed by atoms with van der Waals surface area (Å²) in [6.07, 6.45) is 8.08. The van der Waals surface area contributed by atoms with Crippen molar-refractivity contribution >= 4 is 6.08 Å². The third kappa shape index (κ3) is 4.63. The molecule has 14 heavy (non-hydrogen) atoms. The molecule has 0 aliphatic rings. The Hall–Kier alpha value is -1.34. The molecule has 0 amide bonds. The lowest BCUT2D eigenvalue weighted by Gasteiger charge is -1.94. The first-order valence-electron chi connectivity index (χ1n) is 4.84. The van der Waals surface area contributed by atoms with Gasteiger partial charge in [0.1, 0.15) is 0 Å². The lowest BCUT2D eigenvalue weighted by atomic mass is 10.2. The molecule has 74 valence electrons. The van der Waals surface area contributed by atoms with E-state index in [0.717, 1.165) is 0 Å². The van der Waals surface area contributed by atoms with E-state index in [9.17, 15) is 0 Å². The number of hydrogen-bond donors (Lipinski definition) is 0. The average molecular weight is 188 g/mol. The van der Waals surface area contributed by atoms with Gasteiger partial charge in [-0.2, -0.15) is 0 Å². The van der Waals surface area contributed by atoms with Crippen LogP contribution in [0, 0.1) is 0 Å². The normalized spacial score (nSPS) is 11.5. The first-order valence-corrected chi connectivity index (χ1v) is 4.84. The van der Waals surface area contributed by atoms with Crippen molar-refractivity contribution < 1.29 is 4.74 Å². The minimum Gasteiger partial charge on any atom is -0.373 e. The summed E-state index contributed by atoms with van der Waals surface area (Å²) >= 11 is 0. The summed E-state index contributed by atoms with van der Waals surface area (Å²) in [6.45, 7) is 3.35. The van der Waals surface area contributed by atoms with E-state index in [1.54, 1.807) is 0 Å². The molecule has 0 aromatic heterocycles. The van der Waals surface area contributed by atoms with Crippen molar-refractivity contribution in [1.82, 2.24) is 0 Å². The van der Waals surface area contributed by atoms with Crippen molar-refractivity contribution in [1.29, 1.82) is 0 Å². The van der Waals surface area contributed by atoms with Gasteiger partial charge < -0.3 is 4.74 Å². The van der Waals surface area contributed by atoms with Gasteiger partial charge >= 0.3 is 0 Å². The van der Waals surface area contributed by atoms with Gasteiger partial charge in [-0.15, -0.1) is 0 Å². The van der Waals surface area contributed by atoms with Gasteiger partial charge in [-0.25, -0.2) is 0 Å². The molecular formula is C13H16O. The Labute approximate surface area is 85.7 Å². The molecule has 0 aliphatic heterocycles. The molecule has 0 radical (unpaired) electrons. The van der Waals surface area contributed by atoms with Gasteiger partial charge in [-0.05, 0) is 12.5 Å². The summed E-state index contributed by atoms with van der Waals surface area (Å²) < 4.78 is 5.32. The predicted molar refractivity (Wildman–Crippen MR) is 61.1 cm³/mol. The Morgan fingerprint density at radius 1 is 1.07 bits per heavy atom. The number of ether oxygens (including phenoxy) is 1. The van der Waals surface area contributed by atoms with Crippen LogP contribution in [0.1, 0.15) is 12.5 Å². The van der Waals surface area contributed by atoms with Crippen LogP contribution in [0.3, 0.4) is 0 Å². The zero-order chi connectivity index (χ0) is 10.1. The fourth-order valence-corrected chi connectivity index (χ4v) is 1.05. The minimum absolute atomic E-state index is 0.666. The van der Waals surface area contributed by atoms with E-state index in [2.05, 4.69) is 18.2 Å². The lowest BCUT2D eigenvalue weighted by Crippen LogP contribution is -1.89. The van der Waals surface area contributed by atoms with Crippen LogP contribution in [0.25, 0.3) is 6.08 Å². The van der Waals surface area contributed by atoms with Crippen LogP contribution in [0.4, 0.5) is 0 Å². The van der Waals surface area contributed by atoms with Crippen molar-refractivity contribution in [2.24, 2.45) is 0 Å². The fourth-order valence-electron chi connectivity index (χ4n) is 1.05.